The minimum Gasteiger partial charge on any atom is -0.364 e. The number of rotatable bonds is 6. The number of amidine groups is 1. The molecule has 0 aromatic rings. The van der Waals surface area contributed by atoms with E-state index in [1.807, 2.05) is 11.8 Å². The second-order valence-corrected chi connectivity index (χ2v) is 6.09. The average molecular weight is 228 g/mol. The predicted molar refractivity (Wildman–Crippen MR) is 70.7 cm³/mol. The van der Waals surface area contributed by atoms with Gasteiger partial charge in [-0.05, 0) is 11.8 Å². The van der Waals surface area contributed by atoms with E-state index in [4.69, 9.17) is 0 Å². The van der Waals surface area contributed by atoms with Crippen molar-refractivity contribution < 1.29 is 0 Å². The Morgan fingerprint density at radius 1 is 1.40 bits per heavy atom. The molecule has 1 aliphatic rings. The molecule has 0 aromatic carbocycles. The highest BCUT2D eigenvalue weighted by molar-refractivity contribution is 8.14. The molecule has 0 unspecified atom stereocenters. The van der Waals surface area contributed by atoms with Gasteiger partial charge in [-0.2, -0.15) is 0 Å². The van der Waals surface area contributed by atoms with Crippen LogP contribution in [-0.4, -0.2) is 24.0 Å². The minimum absolute atomic E-state index is 0.404. The van der Waals surface area contributed by atoms with Gasteiger partial charge in [0.2, 0.25) is 0 Å². The van der Waals surface area contributed by atoms with E-state index in [0.29, 0.717) is 5.41 Å². The van der Waals surface area contributed by atoms with Crippen LogP contribution in [0.1, 0.15) is 46.5 Å². The fourth-order valence-electron chi connectivity index (χ4n) is 1.70. The van der Waals surface area contributed by atoms with Gasteiger partial charge in [0.25, 0.3) is 0 Å². The largest absolute Gasteiger partial charge is 0.364 e. The van der Waals surface area contributed by atoms with Crippen LogP contribution in [-0.2, 0) is 0 Å². The van der Waals surface area contributed by atoms with E-state index in [0.717, 1.165) is 24.0 Å². The molecule has 0 spiro atoms. The van der Waals surface area contributed by atoms with E-state index >= 15 is 0 Å². The van der Waals surface area contributed by atoms with Crippen LogP contribution in [0.2, 0.25) is 0 Å². The molecule has 0 fully saturated rings. The second kappa shape index (κ2) is 6.41. The van der Waals surface area contributed by atoms with Crippen molar-refractivity contribution in [3.63, 3.8) is 0 Å². The normalized spacial score (nSPS) is 16.6. The van der Waals surface area contributed by atoms with Gasteiger partial charge in [-0.15, -0.1) is 0 Å². The van der Waals surface area contributed by atoms with Gasteiger partial charge in [-0.3, -0.25) is 4.99 Å². The predicted octanol–water partition coefficient (Wildman–Crippen LogP) is 3.29. The Hall–Kier alpha value is -0.180. The molecule has 0 saturated heterocycles. The zero-order valence-corrected chi connectivity index (χ0v) is 11.1. The van der Waals surface area contributed by atoms with Crippen molar-refractivity contribution in [2.75, 3.05) is 18.8 Å². The SMILES string of the molecule is CCCCCC(C)(C)CNC1=NCCS1. The molecule has 0 saturated carbocycles. The number of thioether (sulfide) groups is 1. The van der Waals surface area contributed by atoms with Crippen LogP contribution in [0.25, 0.3) is 0 Å². The minimum atomic E-state index is 0.404. The monoisotopic (exact) mass is 228 g/mol. The van der Waals surface area contributed by atoms with E-state index in [1.54, 1.807) is 0 Å². The van der Waals surface area contributed by atoms with Gasteiger partial charge in [-0.25, -0.2) is 0 Å². The fourth-order valence-corrected chi connectivity index (χ4v) is 2.43. The molecule has 1 heterocycles. The van der Waals surface area contributed by atoms with Crippen LogP contribution in [0, 0.1) is 5.41 Å². The summed E-state index contributed by atoms with van der Waals surface area (Å²) in [7, 11) is 0. The molecule has 1 aliphatic heterocycles. The quantitative estimate of drug-likeness (QED) is 0.706. The average Bonchev–Trinajstić information content (AvgIpc) is 2.68. The first-order valence-corrected chi connectivity index (χ1v) is 7.04. The zero-order valence-electron chi connectivity index (χ0n) is 10.3. The van der Waals surface area contributed by atoms with E-state index in [1.165, 1.54) is 25.7 Å². The van der Waals surface area contributed by atoms with Crippen molar-refractivity contribution in [1.82, 2.24) is 5.32 Å². The van der Waals surface area contributed by atoms with Crippen LogP contribution in [0.5, 0.6) is 0 Å². The van der Waals surface area contributed by atoms with E-state index in [2.05, 4.69) is 31.1 Å². The molecule has 0 amide bonds. The molecule has 0 aromatic heterocycles. The Labute approximate surface area is 98.3 Å². The molecule has 1 N–H and O–H groups in total. The summed E-state index contributed by atoms with van der Waals surface area (Å²) in [5.74, 6) is 1.15. The molecule has 0 aliphatic carbocycles. The third-order valence-electron chi connectivity index (χ3n) is 2.76. The first-order valence-electron chi connectivity index (χ1n) is 6.05. The van der Waals surface area contributed by atoms with Crippen molar-refractivity contribution in [2.24, 2.45) is 10.4 Å². The Kier molecular flexibility index (Phi) is 5.51. The molecular weight excluding hydrogens is 204 g/mol. The summed E-state index contributed by atoms with van der Waals surface area (Å²) in [6.45, 7) is 8.99. The van der Waals surface area contributed by atoms with Crippen molar-refractivity contribution in [1.29, 1.82) is 0 Å². The third kappa shape index (κ3) is 5.45. The van der Waals surface area contributed by atoms with E-state index in [-0.39, 0.29) is 0 Å². The Balaban J connectivity index is 2.16. The first kappa shape index (κ1) is 12.9. The molecule has 0 radical (unpaired) electrons. The highest BCUT2D eigenvalue weighted by atomic mass is 32.2. The number of unbranched alkanes of at least 4 members (excludes halogenated alkanes) is 2. The van der Waals surface area contributed by atoms with Crippen LogP contribution >= 0.6 is 11.8 Å². The van der Waals surface area contributed by atoms with Crippen LogP contribution in [0.15, 0.2) is 4.99 Å². The summed E-state index contributed by atoms with van der Waals surface area (Å²) < 4.78 is 0. The summed E-state index contributed by atoms with van der Waals surface area (Å²) in [5, 5.41) is 4.61. The topological polar surface area (TPSA) is 24.4 Å². The zero-order chi connectivity index (χ0) is 11.1. The van der Waals surface area contributed by atoms with Gasteiger partial charge in [-0.1, -0.05) is 51.8 Å². The lowest BCUT2D eigenvalue weighted by Gasteiger charge is -2.25. The van der Waals surface area contributed by atoms with E-state index < -0.39 is 0 Å². The lowest BCUT2D eigenvalue weighted by atomic mass is 9.87. The summed E-state index contributed by atoms with van der Waals surface area (Å²) in [6.07, 6.45) is 5.34. The van der Waals surface area contributed by atoms with Crippen molar-refractivity contribution in [3.05, 3.63) is 0 Å². The van der Waals surface area contributed by atoms with Gasteiger partial charge >= 0.3 is 0 Å². The van der Waals surface area contributed by atoms with Crippen molar-refractivity contribution in [2.45, 2.75) is 46.5 Å². The maximum absolute atomic E-state index is 4.40. The summed E-state index contributed by atoms with van der Waals surface area (Å²) in [6, 6.07) is 0. The molecule has 3 heteroatoms. The third-order valence-corrected chi connectivity index (χ3v) is 3.69. The highest BCUT2D eigenvalue weighted by Gasteiger charge is 2.18. The lowest BCUT2D eigenvalue weighted by Crippen LogP contribution is -2.32. The molecule has 0 bridgehead atoms. The Morgan fingerprint density at radius 3 is 2.80 bits per heavy atom. The highest BCUT2D eigenvalue weighted by Crippen LogP contribution is 2.23. The van der Waals surface area contributed by atoms with Gasteiger partial charge in [0.15, 0.2) is 5.17 Å². The standard InChI is InChI=1S/C12H24N2S/c1-4-5-6-7-12(2,3)10-14-11-13-8-9-15-11/h4-10H2,1-3H3,(H,13,14). The molecule has 0 atom stereocenters. The molecular formula is C12H24N2S. The molecule has 88 valence electrons. The Bertz CT molecular complexity index is 212. The molecule has 15 heavy (non-hydrogen) atoms. The molecule has 1 rings (SSSR count). The number of nitrogens with zero attached hydrogens (tertiary/aromatic N) is 1. The maximum Gasteiger partial charge on any atom is 0.156 e. The van der Waals surface area contributed by atoms with Gasteiger partial charge < -0.3 is 5.32 Å². The van der Waals surface area contributed by atoms with Gasteiger partial charge in [0, 0.05) is 12.3 Å². The lowest BCUT2D eigenvalue weighted by molar-refractivity contribution is 0.320. The van der Waals surface area contributed by atoms with Gasteiger partial charge in [0.1, 0.15) is 0 Å². The summed E-state index contributed by atoms with van der Waals surface area (Å²) >= 11 is 1.85. The number of hydrogen-bond donors (Lipinski definition) is 1. The van der Waals surface area contributed by atoms with Crippen LogP contribution in [0.3, 0.4) is 0 Å². The second-order valence-electron chi connectivity index (χ2n) is 5.01. The Morgan fingerprint density at radius 2 is 2.20 bits per heavy atom. The number of hydrogen-bond acceptors (Lipinski definition) is 3. The van der Waals surface area contributed by atoms with Crippen LogP contribution in [0.4, 0.5) is 0 Å². The van der Waals surface area contributed by atoms with E-state index in [9.17, 15) is 0 Å². The summed E-state index contributed by atoms with van der Waals surface area (Å²) in [4.78, 5) is 4.40. The summed E-state index contributed by atoms with van der Waals surface area (Å²) in [5.41, 5.74) is 0.404. The number of aliphatic imine (C=N–C) groups is 1. The first-order chi connectivity index (χ1) is 7.14. The van der Waals surface area contributed by atoms with Crippen LogP contribution < -0.4 is 5.32 Å². The fraction of sp³-hybridized carbons (Fsp3) is 0.917. The maximum atomic E-state index is 4.40. The molecule has 2 nitrogen and oxygen atoms in total. The van der Waals surface area contributed by atoms with Crippen molar-refractivity contribution >= 4 is 16.9 Å². The van der Waals surface area contributed by atoms with Gasteiger partial charge in [0.05, 0.1) is 6.54 Å². The number of nitrogens with one attached hydrogen (secondary N) is 1. The smallest absolute Gasteiger partial charge is 0.156 e. The van der Waals surface area contributed by atoms with Crippen molar-refractivity contribution in [3.8, 4) is 0 Å².